The summed E-state index contributed by atoms with van der Waals surface area (Å²) in [6.45, 7) is -0.489. The number of halogens is 2. The molecule has 0 bridgehead atoms. The smallest absolute Gasteiger partial charge is 0.294 e. The number of hydrogen-bond acceptors (Lipinski definition) is 4. The number of rotatable bonds is 4. The molecule has 0 radical (unpaired) electrons. The van der Waals surface area contributed by atoms with E-state index in [1.165, 1.54) is 48.5 Å². The number of carbonyl (C=O) groups excluding carboxylic acids is 3. The molecule has 26 heavy (non-hydrogen) atoms. The zero-order valence-electron chi connectivity index (χ0n) is 13.2. The van der Waals surface area contributed by atoms with Gasteiger partial charge in [-0.1, -0.05) is 18.2 Å². The van der Waals surface area contributed by atoms with E-state index in [0.29, 0.717) is 17.4 Å². The Bertz CT molecular complexity index is 913. The summed E-state index contributed by atoms with van der Waals surface area (Å²) in [6.07, 6.45) is 1.28. The van der Waals surface area contributed by atoms with Crippen molar-refractivity contribution >= 4 is 40.6 Å². The molecule has 0 saturated carbocycles. The third kappa shape index (κ3) is 3.97. The largest absolute Gasteiger partial charge is 0.325 e. The van der Waals surface area contributed by atoms with Gasteiger partial charge in [-0.15, -0.1) is 0 Å². The lowest BCUT2D eigenvalue weighted by Crippen LogP contribution is -2.36. The molecule has 0 unspecified atom stereocenters. The first-order chi connectivity index (χ1) is 12.4. The Morgan fingerprint density at radius 1 is 1.08 bits per heavy atom. The number of imide groups is 1. The molecule has 0 aliphatic carbocycles. The Morgan fingerprint density at radius 3 is 2.46 bits per heavy atom. The predicted octanol–water partition coefficient (Wildman–Crippen LogP) is 3.64. The van der Waals surface area contributed by atoms with E-state index in [0.717, 1.165) is 4.90 Å². The topological polar surface area (TPSA) is 66.5 Å². The van der Waals surface area contributed by atoms with E-state index in [1.807, 2.05) is 0 Å². The minimum Gasteiger partial charge on any atom is -0.325 e. The van der Waals surface area contributed by atoms with Gasteiger partial charge in [-0.05, 0) is 48.2 Å². The number of amides is 3. The highest BCUT2D eigenvalue weighted by molar-refractivity contribution is 8.18. The molecule has 1 heterocycles. The van der Waals surface area contributed by atoms with Crippen LogP contribution in [0.2, 0.25) is 0 Å². The van der Waals surface area contributed by atoms with Crippen LogP contribution in [-0.2, 0) is 9.59 Å². The second kappa shape index (κ2) is 7.49. The Balaban J connectivity index is 1.70. The van der Waals surface area contributed by atoms with Crippen LogP contribution in [0.25, 0.3) is 6.08 Å². The van der Waals surface area contributed by atoms with Gasteiger partial charge in [-0.3, -0.25) is 19.3 Å². The summed E-state index contributed by atoms with van der Waals surface area (Å²) < 4.78 is 26.5. The second-order valence-corrected chi connectivity index (χ2v) is 6.34. The Hall–Kier alpha value is -3.00. The molecule has 3 amide bonds. The molecule has 1 saturated heterocycles. The summed E-state index contributed by atoms with van der Waals surface area (Å²) in [4.78, 5) is 37.2. The van der Waals surface area contributed by atoms with Crippen molar-refractivity contribution in [2.75, 3.05) is 11.9 Å². The summed E-state index contributed by atoms with van der Waals surface area (Å²) in [7, 11) is 0. The van der Waals surface area contributed by atoms with Crippen molar-refractivity contribution in [3.63, 3.8) is 0 Å². The van der Waals surface area contributed by atoms with Gasteiger partial charge in [0.05, 0.1) is 4.91 Å². The van der Waals surface area contributed by atoms with Gasteiger partial charge in [0, 0.05) is 11.3 Å². The maximum Gasteiger partial charge on any atom is 0.294 e. The predicted molar refractivity (Wildman–Crippen MR) is 94.1 cm³/mol. The molecule has 1 aliphatic heterocycles. The number of carbonyl (C=O) groups is 3. The van der Waals surface area contributed by atoms with E-state index < -0.39 is 35.2 Å². The Labute approximate surface area is 151 Å². The van der Waals surface area contributed by atoms with Crippen LogP contribution in [0.3, 0.4) is 0 Å². The van der Waals surface area contributed by atoms with Gasteiger partial charge in [0.15, 0.2) is 0 Å². The molecule has 1 N–H and O–H groups in total. The van der Waals surface area contributed by atoms with Crippen LogP contribution in [-0.4, -0.2) is 28.5 Å². The summed E-state index contributed by atoms with van der Waals surface area (Å²) in [6, 6.07) is 10.9. The highest BCUT2D eigenvalue weighted by atomic mass is 32.2. The maximum atomic E-state index is 13.7. The van der Waals surface area contributed by atoms with Gasteiger partial charge in [-0.25, -0.2) is 8.78 Å². The van der Waals surface area contributed by atoms with Crippen molar-refractivity contribution in [3.8, 4) is 0 Å². The quantitative estimate of drug-likeness (QED) is 0.830. The van der Waals surface area contributed by atoms with Crippen LogP contribution in [0.1, 0.15) is 5.56 Å². The number of thioether (sulfide) groups is 1. The molecule has 3 rings (SSSR count). The third-order valence-corrected chi connectivity index (χ3v) is 4.40. The Kier molecular flexibility index (Phi) is 5.13. The van der Waals surface area contributed by atoms with Gasteiger partial charge in [-0.2, -0.15) is 0 Å². The fourth-order valence-corrected chi connectivity index (χ4v) is 3.08. The molecule has 0 atom stereocenters. The molecule has 5 nitrogen and oxygen atoms in total. The van der Waals surface area contributed by atoms with Crippen molar-refractivity contribution in [1.82, 2.24) is 4.90 Å². The van der Waals surface area contributed by atoms with Crippen LogP contribution in [0.5, 0.6) is 0 Å². The van der Waals surface area contributed by atoms with Crippen LogP contribution in [0, 0.1) is 11.6 Å². The summed E-state index contributed by atoms with van der Waals surface area (Å²) in [5.74, 6) is -2.25. The monoisotopic (exact) mass is 374 g/mol. The van der Waals surface area contributed by atoms with E-state index >= 15 is 0 Å². The second-order valence-electron chi connectivity index (χ2n) is 5.34. The summed E-state index contributed by atoms with van der Waals surface area (Å²) >= 11 is 0.638. The molecule has 1 aliphatic rings. The number of nitrogens with one attached hydrogen (secondary N) is 1. The van der Waals surface area contributed by atoms with Gasteiger partial charge in [0.25, 0.3) is 11.1 Å². The number of nitrogens with zero attached hydrogens (tertiary/aromatic N) is 1. The molecule has 2 aromatic rings. The first kappa shape index (κ1) is 17.8. The van der Waals surface area contributed by atoms with E-state index in [1.54, 1.807) is 6.07 Å². The maximum absolute atomic E-state index is 13.7. The standard InChI is InChI=1S/C18H12F2N2O3S/c19-12-5-7-13(8-6-12)21-16(23)10-22-17(24)15(26-18(22)25)9-11-3-1-2-4-14(11)20/h1-9H,10H2,(H,21,23)/b15-9-. The molecule has 2 aromatic carbocycles. The molecular formula is C18H12F2N2O3S. The van der Waals surface area contributed by atoms with Gasteiger partial charge < -0.3 is 5.32 Å². The number of hydrogen-bond donors (Lipinski definition) is 1. The average Bonchev–Trinajstić information content (AvgIpc) is 2.86. The summed E-state index contributed by atoms with van der Waals surface area (Å²) in [5.41, 5.74) is 0.513. The molecule has 8 heteroatoms. The van der Waals surface area contributed by atoms with Crippen LogP contribution < -0.4 is 5.32 Å². The fourth-order valence-electron chi connectivity index (χ4n) is 2.25. The van der Waals surface area contributed by atoms with Crippen LogP contribution >= 0.6 is 11.8 Å². The minimum absolute atomic E-state index is 0.0367. The van der Waals surface area contributed by atoms with Crippen LogP contribution in [0.4, 0.5) is 19.3 Å². The lowest BCUT2D eigenvalue weighted by Gasteiger charge is -2.12. The minimum atomic E-state index is -0.669. The van der Waals surface area contributed by atoms with Crippen molar-refractivity contribution in [1.29, 1.82) is 0 Å². The number of benzene rings is 2. The number of anilines is 1. The van der Waals surface area contributed by atoms with Gasteiger partial charge in [0.1, 0.15) is 18.2 Å². The molecule has 132 valence electrons. The molecule has 0 spiro atoms. The molecular weight excluding hydrogens is 362 g/mol. The first-order valence-electron chi connectivity index (χ1n) is 7.49. The normalized spacial score (nSPS) is 15.6. The van der Waals surface area contributed by atoms with Crippen molar-refractivity contribution in [2.24, 2.45) is 0 Å². The van der Waals surface area contributed by atoms with Crippen molar-refractivity contribution in [3.05, 3.63) is 70.6 Å². The van der Waals surface area contributed by atoms with E-state index in [-0.39, 0.29) is 10.5 Å². The average molecular weight is 374 g/mol. The molecule has 0 aromatic heterocycles. The lowest BCUT2D eigenvalue weighted by atomic mass is 10.2. The third-order valence-electron chi connectivity index (χ3n) is 3.50. The van der Waals surface area contributed by atoms with Gasteiger partial charge in [0.2, 0.25) is 5.91 Å². The highest BCUT2D eigenvalue weighted by Crippen LogP contribution is 2.32. The highest BCUT2D eigenvalue weighted by Gasteiger charge is 2.36. The lowest BCUT2D eigenvalue weighted by molar-refractivity contribution is -0.127. The van der Waals surface area contributed by atoms with E-state index in [2.05, 4.69) is 5.32 Å². The first-order valence-corrected chi connectivity index (χ1v) is 8.31. The van der Waals surface area contributed by atoms with E-state index in [9.17, 15) is 23.2 Å². The zero-order chi connectivity index (χ0) is 18.7. The zero-order valence-corrected chi connectivity index (χ0v) is 14.1. The van der Waals surface area contributed by atoms with E-state index in [4.69, 9.17) is 0 Å². The summed E-state index contributed by atoms with van der Waals surface area (Å²) in [5, 5.41) is 1.85. The SMILES string of the molecule is O=C(CN1C(=O)S/C(=C\c2ccccc2F)C1=O)Nc1ccc(F)cc1. The Morgan fingerprint density at radius 2 is 1.77 bits per heavy atom. The van der Waals surface area contributed by atoms with Crippen molar-refractivity contribution in [2.45, 2.75) is 0 Å². The fraction of sp³-hybridized carbons (Fsp3) is 0.0556. The van der Waals surface area contributed by atoms with Crippen molar-refractivity contribution < 1.29 is 23.2 Å². The van der Waals surface area contributed by atoms with Crippen LogP contribution in [0.15, 0.2) is 53.4 Å². The molecule has 1 fully saturated rings. The van der Waals surface area contributed by atoms with Gasteiger partial charge >= 0.3 is 0 Å².